The zero-order chi connectivity index (χ0) is 23.7. The van der Waals surface area contributed by atoms with Crippen LogP contribution in [0.1, 0.15) is 24.1 Å². The molecule has 0 aliphatic carbocycles. The molecule has 0 saturated heterocycles. The van der Waals surface area contributed by atoms with Gasteiger partial charge in [-0.15, -0.1) is 0 Å². The third-order valence-corrected chi connectivity index (χ3v) is 6.13. The van der Waals surface area contributed by atoms with Crippen LogP contribution in [-0.4, -0.2) is 35.1 Å². The van der Waals surface area contributed by atoms with Crippen LogP contribution in [0.5, 0.6) is 5.75 Å². The smallest absolute Gasteiger partial charge is 0.321 e. The fourth-order valence-electron chi connectivity index (χ4n) is 4.57. The molecule has 0 N–H and O–H groups in total. The van der Waals surface area contributed by atoms with Crippen molar-refractivity contribution in [3.63, 3.8) is 0 Å². The van der Waals surface area contributed by atoms with Crippen molar-refractivity contribution in [3.8, 4) is 5.75 Å². The number of nitrogens with zero attached hydrogens (tertiary/aromatic N) is 3. The first-order chi connectivity index (χ1) is 16.6. The molecule has 172 valence electrons. The molecule has 0 bridgehead atoms. The van der Waals surface area contributed by atoms with Crippen LogP contribution in [0.4, 0.5) is 5.95 Å². The standard InChI is InChI=1S/C27H25N3O4/c1-3-34-26(32)23-24(19-13-15-20(33-2)16-14-19)30-22-12-8-7-11-21(22)28-27(30)29(25(23)31)17-18-9-5-4-6-10-18/h4-16,23-24H,3,17H2,1-2H3/t23-,24+/m1/s1. The minimum atomic E-state index is -1.05. The number of aromatic nitrogens is 2. The molecule has 0 fully saturated rings. The second kappa shape index (κ2) is 9.02. The molecular weight excluding hydrogens is 430 g/mol. The van der Waals surface area contributed by atoms with Crippen molar-refractivity contribution >= 4 is 28.9 Å². The Morgan fingerprint density at radius 2 is 1.68 bits per heavy atom. The Morgan fingerprint density at radius 3 is 2.38 bits per heavy atom. The maximum absolute atomic E-state index is 13.9. The number of rotatable bonds is 6. The number of esters is 1. The summed E-state index contributed by atoms with van der Waals surface area (Å²) in [5, 5.41) is 0. The molecule has 3 aromatic carbocycles. The molecule has 4 aromatic rings. The zero-order valence-corrected chi connectivity index (χ0v) is 19.0. The van der Waals surface area contributed by atoms with Crippen molar-refractivity contribution < 1.29 is 19.1 Å². The number of para-hydroxylation sites is 2. The van der Waals surface area contributed by atoms with E-state index in [1.165, 1.54) is 0 Å². The number of imidazole rings is 1. The Bertz CT molecular complexity index is 1330. The molecular formula is C27H25N3O4. The number of fused-ring (bicyclic) bond motifs is 3. The van der Waals surface area contributed by atoms with Gasteiger partial charge in [-0.1, -0.05) is 54.6 Å². The van der Waals surface area contributed by atoms with E-state index in [9.17, 15) is 9.59 Å². The van der Waals surface area contributed by atoms with E-state index in [-0.39, 0.29) is 12.5 Å². The normalized spacial score (nSPS) is 17.5. The molecule has 2 atom stereocenters. The van der Waals surface area contributed by atoms with Gasteiger partial charge in [0.2, 0.25) is 11.9 Å². The van der Waals surface area contributed by atoms with Crippen LogP contribution >= 0.6 is 0 Å². The summed E-state index contributed by atoms with van der Waals surface area (Å²) in [7, 11) is 1.60. The third-order valence-electron chi connectivity index (χ3n) is 6.13. The number of ether oxygens (including phenoxy) is 2. The Morgan fingerprint density at radius 1 is 0.971 bits per heavy atom. The lowest BCUT2D eigenvalue weighted by atomic mass is 9.89. The molecule has 1 aromatic heterocycles. The molecule has 5 rings (SSSR count). The van der Waals surface area contributed by atoms with Crippen LogP contribution < -0.4 is 9.64 Å². The predicted octanol–water partition coefficient (Wildman–Crippen LogP) is 4.36. The van der Waals surface area contributed by atoms with E-state index in [0.717, 1.165) is 22.2 Å². The molecule has 0 saturated carbocycles. The number of anilines is 1. The molecule has 0 radical (unpaired) electrons. The number of amides is 1. The second-order valence-corrected chi connectivity index (χ2v) is 8.13. The van der Waals surface area contributed by atoms with Crippen molar-refractivity contribution in [1.82, 2.24) is 9.55 Å². The van der Waals surface area contributed by atoms with Crippen LogP contribution in [0.3, 0.4) is 0 Å². The van der Waals surface area contributed by atoms with Crippen LogP contribution in [0, 0.1) is 5.92 Å². The highest BCUT2D eigenvalue weighted by Crippen LogP contribution is 2.42. The Labute approximate surface area is 197 Å². The van der Waals surface area contributed by atoms with Gasteiger partial charge in [-0.05, 0) is 42.3 Å². The second-order valence-electron chi connectivity index (χ2n) is 8.13. The lowest BCUT2D eigenvalue weighted by Gasteiger charge is -2.38. The van der Waals surface area contributed by atoms with E-state index in [1.54, 1.807) is 18.9 Å². The zero-order valence-electron chi connectivity index (χ0n) is 19.0. The Balaban J connectivity index is 1.73. The first kappa shape index (κ1) is 21.7. The molecule has 0 unspecified atom stereocenters. The molecule has 1 amide bonds. The van der Waals surface area contributed by atoms with Gasteiger partial charge in [0, 0.05) is 0 Å². The number of hydrogen-bond donors (Lipinski definition) is 0. The van der Waals surface area contributed by atoms with E-state index >= 15 is 0 Å². The van der Waals surface area contributed by atoms with Gasteiger partial charge in [0.25, 0.3) is 0 Å². The monoisotopic (exact) mass is 455 g/mol. The van der Waals surface area contributed by atoms with Crippen molar-refractivity contribution in [3.05, 3.63) is 90.0 Å². The summed E-state index contributed by atoms with van der Waals surface area (Å²) < 4.78 is 12.7. The van der Waals surface area contributed by atoms with Gasteiger partial charge in [-0.3, -0.25) is 14.5 Å². The van der Waals surface area contributed by atoms with Crippen LogP contribution in [-0.2, 0) is 20.9 Å². The van der Waals surface area contributed by atoms with Crippen molar-refractivity contribution in [2.75, 3.05) is 18.6 Å². The van der Waals surface area contributed by atoms with Crippen LogP contribution in [0.25, 0.3) is 11.0 Å². The summed E-state index contributed by atoms with van der Waals surface area (Å²) in [6.45, 7) is 2.23. The first-order valence-electron chi connectivity index (χ1n) is 11.2. The summed E-state index contributed by atoms with van der Waals surface area (Å²) in [6.07, 6.45) is 0. The fraction of sp³-hybridized carbons (Fsp3) is 0.222. The van der Waals surface area contributed by atoms with Crippen molar-refractivity contribution in [1.29, 1.82) is 0 Å². The van der Waals surface area contributed by atoms with Gasteiger partial charge < -0.3 is 14.0 Å². The number of methoxy groups -OCH3 is 1. The Hall–Kier alpha value is -4.13. The predicted molar refractivity (Wildman–Crippen MR) is 129 cm³/mol. The van der Waals surface area contributed by atoms with E-state index in [1.807, 2.05) is 83.4 Å². The van der Waals surface area contributed by atoms with Gasteiger partial charge in [0.05, 0.1) is 37.3 Å². The summed E-state index contributed by atoms with van der Waals surface area (Å²) in [5.74, 6) is -0.723. The average molecular weight is 456 g/mol. The van der Waals surface area contributed by atoms with Gasteiger partial charge in [0.1, 0.15) is 5.75 Å². The lowest BCUT2D eigenvalue weighted by molar-refractivity contribution is -0.153. The van der Waals surface area contributed by atoms with Gasteiger partial charge >= 0.3 is 5.97 Å². The van der Waals surface area contributed by atoms with Crippen LogP contribution in [0.2, 0.25) is 0 Å². The number of benzene rings is 3. The largest absolute Gasteiger partial charge is 0.497 e. The molecule has 7 nitrogen and oxygen atoms in total. The quantitative estimate of drug-likeness (QED) is 0.319. The van der Waals surface area contributed by atoms with Crippen molar-refractivity contribution in [2.45, 2.75) is 19.5 Å². The number of carbonyl (C=O) groups is 2. The number of carbonyl (C=O) groups excluding carboxylic acids is 2. The van der Waals surface area contributed by atoms with Gasteiger partial charge in [0.15, 0.2) is 5.92 Å². The maximum atomic E-state index is 13.9. The first-order valence-corrected chi connectivity index (χ1v) is 11.2. The Kier molecular flexibility index (Phi) is 5.76. The lowest BCUT2D eigenvalue weighted by Crippen LogP contribution is -2.49. The highest BCUT2D eigenvalue weighted by molar-refractivity contribution is 6.08. The van der Waals surface area contributed by atoms with E-state index in [2.05, 4.69) is 0 Å². The number of hydrogen-bond acceptors (Lipinski definition) is 5. The molecule has 1 aliphatic heterocycles. The fourth-order valence-corrected chi connectivity index (χ4v) is 4.57. The molecule has 0 spiro atoms. The van der Waals surface area contributed by atoms with Gasteiger partial charge in [-0.2, -0.15) is 0 Å². The van der Waals surface area contributed by atoms with E-state index in [0.29, 0.717) is 18.2 Å². The SMILES string of the molecule is CCOC(=O)[C@H]1C(=O)N(Cc2ccccc2)c2nc3ccccc3n2[C@H]1c1ccc(OC)cc1. The minimum absolute atomic E-state index is 0.189. The van der Waals surface area contributed by atoms with Crippen LogP contribution in [0.15, 0.2) is 78.9 Å². The third kappa shape index (κ3) is 3.69. The summed E-state index contributed by atoms with van der Waals surface area (Å²) in [6, 6.07) is 24.2. The summed E-state index contributed by atoms with van der Waals surface area (Å²) in [4.78, 5) is 33.6. The highest BCUT2D eigenvalue weighted by Gasteiger charge is 2.47. The molecule has 7 heteroatoms. The molecule has 34 heavy (non-hydrogen) atoms. The average Bonchev–Trinajstić information content (AvgIpc) is 3.25. The van der Waals surface area contributed by atoms with Gasteiger partial charge in [-0.25, -0.2) is 4.98 Å². The molecule has 1 aliphatic rings. The molecule has 2 heterocycles. The topological polar surface area (TPSA) is 73.7 Å². The van der Waals surface area contributed by atoms with E-state index < -0.39 is 17.9 Å². The van der Waals surface area contributed by atoms with E-state index in [4.69, 9.17) is 14.5 Å². The highest BCUT2D eigenvalue weighted by atomic mass is 16.5. The van der Waals surface area contributed by atoms with Crippen molar-refractivity contribution in [2.24, 2.45) is 5.92 Å². The minimum Gasteiger partial charge on any atom is -0.497 e. The summed E-state index contributed by atoms with van der Waals surface area (Å²) in [5.41, 5.74) is 3.35. The summed E-state index contributed by atoms with van der Waals surface area (Å²) >= 11 is 0. The maximum Gasteiger partial charge on any atom is 0.321 e.